The van der Waals surface area contributed by atoms with Crippen molar-refractivity contribution in [3.8, 4) is 11.1 Å². The Morgan fingerprint density at radius 2 is 1.84 bits per heavy atom. The molecule has 3 N–H and O–H groups in total. The number of amides is 1. The molecule has 168 valence electrons. The molecule has 8 nitrogen and oxygen atoms in total. The molecule has 0 saturated heterocycles. The molecule has 3 rings (SSSR count). The lowest BCUT2D eigenvalue weighted by Gasteiger charge is -2.31. The molecular formula is C22H28N2O6S. The molecule has 1 atom stereocenters. The van der Waals surface area contributed by atoms with E-state index in [1.165, 1.54) is 28.6 Å². The van der Waals surface area contributed by atoms with E-state index in [0.717, 1.165) is 36.6 Å². The van der Waals surface area contributed by atoms with Gasteiger partial charge in [-0.1, -0.05) is 24.3 Å². The molecule has 1 aliphatic carbocycles. The third-order valence-corrected chi connectivity index (χ3v) is 8.27. The summed E-state index contributed by atoms with van der Waals surface area (Å²) in [6.45, 7) is 1.22. The number of sulfone groups is 1. The number of nitrogens with zero attached hydrogens (tertiary/aromatic N) is 1. The first kappa shape index (κ1) is 23.2. The van der Waals surface area contributed by atoms with Crippen LogP contribution in [-0.2, 0) is 27.6 Å². The normalized spacial score (nSPS) is 20.5. The van der Waals surface area contributed by atoms with Crippen LogP contribution in [0.15, 0.2) is 47.4 Å². The zero-order valence-electron chi connectivity index (χ0n) is 17.6. The third kappa shape index (κ3) is 5.06. The van der Waals surface area contributed by atoms with Crippen molar-refractivity contribution in [1.29, 1.82) is 0 Å². The van der Waals surface area contributed by atoms with Crippen LogP contribution in [0.2, 0.25) is 0 Å². The smallest absolute Gasteiger partial charge is 0.264 e. The number of nitrogens with one attached hydrogen (secondary N) is 1. The van der Waals surface area contributed by atoms with Crippen molar-refractivity contribution in [3.05, 3.63) is 58.5 Å². The molecule has 1 fully saturated rings. The number of pyridine rings is 1. The van der Waals surface area contributed by atoms with Crippen LogP contribution in [-0.4, -0.2) is 46.3 Å². The van der Waals surface area contributed by atoms with Crippen molar-refractivity contribution in [3.63, 3.8) is 0 Å². The Morgan fingerprint density at radius 1 is 1.19 bits per heavy atom. The lowest BCUT2D eigenvalue weighted by atomic mass is 9.78. The summed E-state index contributed by atoms with van der Waals surface area (Å²) in [5.74, 6) is -0.508. The molecule has 1 aliphatic rings. The molecular weight excluding hydrogens is 420 g/mol. The van der Waals surface area contributed by atoms with Crippen LogP contribution in [0.25, 0.3) is 11.1 Å². The number of carbonyl (C=O) groups is 1. The number of carbonyl (C=O) groups excluding carboxylic acids is 1. The molecule has 31 heavy (non-hydrogen) atoms. The summed E-state index contributed by atoms with van der Waals surface area (Å²) >= 11 is 0. The molecule has 0 bridgehead atoms. The van der Waals surface area contributed by atoms with Crippen LogP contribution < -0.4 is 11.0 Å². The lowest BCUT2D eigenvalue weighted by molar-refractivity contribution is -0.131. The topological polar surface area (TPSA) is 126 Å². The average Bonchev–Trinajstić information content (AvgIpc) is 2.70. The maximum Gasteiger partial charge on any atom is 0.264 e. The quantitative estimate of drug-likeness (QED) is 0.415. The zero-order chi connectivity index (χ0) is 22.8. The third-order valence-electron chi connectivity index (χ3n) is 6.25. The summed E-state index contributed by atoms with van der Waals surface area (Å²) < 4.78 is 23.6. The number of hydroxylamine groups is 1. The number of aromatic nitrogens is 1. The number of benzene rings is 1. The van der Waals surface area contributed by atoms with E-state index >= 15 is 0 Å². The van der Waals surface area contributed by atoms with E-state index in [1.807, 2.05) is 24.3 Å². The number of aryl methyl sites for hydroxylation is 1. The minimum atomic E-state index is -3.83. The fourth-order valence-corrected chi connectivity index (χ4v) is 4.67. The molecule has 1 saturated carbocycles. The maximum atomic E-state index is 12.5. The van der Waals surface area contributed by atoms with E-state index in [9.17, 15) is 23.1 Å². The Morgan fingerprint density at radius 3 is 2.35 bits per heavy atom. The van der Waals surface area contributed by atoms with Crippen molar-refractivity contribution >= 4 is 15.7 Å². The van der Waals surface area contributed by atoms with E-state index in [2.05, 4.69) is 0 Å². The summed E-state index contributed by atoms with van der Waals surface area (Å²) in [4.78, 5) is 24.5. The van der Waals surface area contributed by atoms with Crippen molar-refractivity contribution in [2.45, 2.75) is 50.0 Å². The van der Waals surface area contributed by atoms with Gasteiger partial charge in [-0.25, -0.2) is 13.9 Å². The van der Waals surface area contributed by atoms with Gasteiger partial charge in [-0.3, -0.25) is 14.8 Å². The second-order valence-corrected chi connectivity index (χ2v) is 11.0. The van der Waals surface area contributed by atoms with Gasteiger partial charge in [-0.15, -0.1) is 0 Å². The van der Waals surface area contributed by atoms with Gasteiger partial charge in [0.15, 0.2) is 14.6 Å². The van der Waals surface area contributed by atoms with Crippen LogP contribution >= 0.6 is 0 Å². The molecule has 1 aromatic heterocycles. The van der Waals surface area contributed by atoms with E-state index in [-0.39, 0.29) is 24.6 Å². The summed E-state index contributed by atoms with van der Waals surface area (Å²) in [5.41, 5.74) is 3.91. The van der Waals surface area contributed by atoms with Gasteiger partial charge < -0.3 is 9.67 Å². The monoisotopic (exact) mass is 448 g/mol. The van der Waals surface area contributed by atoms with E-state index in [4.69, 9.17) is 5.21 Å². The van der Waals surface area contributed by atoms with Crippen molar-refractivity contribution in [2.75, 3.05) is 6.26 Å². The summed E-state index contributed by atoms with van der Waals surface area (Å²) in [6, 6.07) is 11.2. The van der Waals surface area contributed by atoms with Gasteiger partial charge >= 0.3 is 0 Å². The predicted octanol–water partition coefficient (Wildman–Crippen LogP) is 1.53. The Hall–Kier alpha value is -2.49. The fraction of sp³-hybridized carbons (Fsp3) is 0.455. The van der Waals surface area contributed by atoms with Crippen LogP contribution in [0, 0.1) is 5.92 Å². The number of hydrogen-bond donors (Lipinski definition) is 3. The number of aliphatic hydroxyl groups is 1. The highest BCUT2D eigenvalue weighted by atomic mass is 32.2. The average molecular weight is 449 g/mol. The van der Waals surface area contributed by atoms with Gasteiger partial charge in [-0.05, 0) is 61.3 Å². The molecule has 0 radical (unpaired) electrons. The van der Waals surface area contributed by atoms with Gasteiger partial charge in [0.2, 0.25) is 0 Å². The minimum Gasteiger partial charge on any atom is -0.393 e. The van der Waals surface area contributed by atoms with Crippen LogP contribution in [0.3, 0.4) is 0 Å². The van der Waals surface area contributed by atoms with Crippen molar-refractivity contribution in [2.24, 2.45) is 5.92 Å². The Balaban J connectivity index is 1.71. The molecule has 9 heteroatoms. The second-order valence-electron chi connectivity index (χ2n) is 8.53. The maximum absolute atomic E-state index is 12.5. The highest BCUT2D eigenvalue weighted by Gasteiger charge is 2.43. The second kappa shape index (κ2) is 8.94. The standard InChI is InChI=1S/C22H28N2O6S/c1-22(21(27)23-28,31(2,29)30)8-10-24-9-7-18(14-20(24)26)17-5-3-15(4-6-17)11-16-12-19(25)13-16/h3-7,9,14,16,19,25,28H,8,10-13H2,1-2H3,(H,23,27). The first-order valence-electron chi connectivity index (χ1n) is 10.2. The van der Waals surface area contributed by atoms with E-state index in [1.54, 1.807) is 12.3 Å². The zero-order valence-corrected chi connectivity index (χ0v) is 18.4. The fourth-order valence-electron chi connectivity index (χ4n) is 3.83. The Labute approximate surface area is 181 Å². The van der Waals surface area contributed by atoms with Gasteiger partial charge in [0.25, 0.3) is 11.5 Å². The minimum absolute atomic E-state index is 0.00226. The highest BCUT2D eigenvalue weighted by molar-refractivity contribution is 7.92. The first-order valence-corrected chi connectivity index (χ1v) is 12.0. The van der Waals surface area contributed by atoms with E-state index in [0.29, 0.717) is 5.92 Å². The Kier molecular flexibility index (Phi) is 6.68. The molecule has 1 aromatic carbocycles. The highest BCUT2D eigenvalue weighted by Crippen LogP contribution is 2.31. The summed E-state index contributed by atoms with van der Waals surface area (Å²) in [6.07, 6.45) is 4.79. The molecule has 1 unspecified atom stereocenters. The van der Waals surface area contributed by atoms with Crippen LogP contribution in [0.5, 0.6) is 0 Å². The van der Waals surface area contributed by atoms with Gasteiger partial charge in [0, 0.05) is 25.1 Å². The van der Waals surface area contributed by atoms with Crippen molar-refractivity contribution in [1.82, 2.24) is 10.0 Å². The van der Waals surface area contributed by atoms with Crippen LogP contribution in [0.1, 0.15) is 31.7 Å². The summed E-state index contributed by atoms with van der Waals surface area (Å²) in [7, 11) is -3.83. The molecule has 0 spiro atoms. The summed E-state index contributed by atoms with van der Waals surface area (Å²) in [5, 5.41) is 18.3. The van der Waals surface area contributed by atoms with Crippen molar-refractivity contribution < 1.29 is 23.5 Å². The lowest BCUT2D eigenvalue weighted by Crippen LogP contribution is -2.49. The Bertz CT molecular complexity index is 1100. The van der Waals surface area contributed by atoms with Crippen LogP contribution in [0.4, 0.5) is 0 Å². The molecule has 1 heterocycles. The number of hydrogen-bond acceptors (Lipinski definition) is 6. The SMILES string of the molecule is CC(CCn1ccc(-c2ccc(CC3CC(O)C3)cc2)cc1=O)(C(=O)NO)S(C)(=O)=O. The molecule has 1 amide bonds. The van der Waals surface area contributed by atoms with E-state index < -0.39 is 20.5 Å². The van der Waals surface area contributed by atoms with Gasteiger partial charge in [-0.2, -0.15) is 0 Å². The number of aliphatic hydroxyl groups excluding tert-OH is 1. The number of rotatable bonds is 8. The molecule has 0 aliphatic heterocycles. The largest absolute Gasteiger partial charge is 0.393 e. The molecule has 2 aromatic rings. The van der Waals surface area contributed by atoms with Gasteiger partial charge in [0.1, 0.15) is 0 Å². The predicted molar refractivity (Wildman–Crippen MR) is 116 cm³/mol. The van der Waals surface area contributed by atoms with Gasteiger partial charge in [0.05, 0.1) is 6.10 Å². The first-order chi connectivity index (χ1) is 14.5.